The fourth-order valence-electron chi connectivity index (χ4n) is 1.53. The lowest BCUT2D eigenvalue weighted by Gasteiger charge is -2.05. The number of unbranched alkanes of at least 4 members (excludes halogenated alkanes) is 5. The van der Waals surface area contributed by atoms with E-state index in [1.807, 2.05) is 0 Å². The molecule has 0 spiro atoms. The summed E-state index contributed by atoms with van der Waals surface area (Å²) in [5.41, 5.74) is 0. The summed E-state index contributed by atoms with van der Waals surface area (Å²) in [5.74, 6) is -0.261. The lowest BCUT2D eigenvalue weighted by molar-refractivity contribution is -0.143. The summed E-state index contributed by atoms with van der Waals surface area (Å²) in [6.07, 6.45) is 0.981. The molecule has 0 aromatic rings. The maximum atomic E-state index is 11.8. The lowest BCUT2D eigenvalue weighted by atomic mass is 10.1. The van der Waals surface area contributed by atoms with Crippen LogP contribution in [0, 0.1) is 0 Å². The molecule has 0 aliphatic carbocycles. The average molecular weight is 317 g/mol. The maximum Gasteiger partial charge on any atom is 0.389 e. The minimum atomic E-state index is -4.20. The van der Waals surface area contributed by atoms with E-state index in [1.165, 1.54) is 6.42 Å². The number of hydrogen-bond acceptors (Lipinski definition) is 1. The normalized spacial score (nSPS) is 11.8. The number of carbonyl (C=O) groups is 1. The first kappa shape index (κ1) is 16.9. The molecule has 0 rings (SSSR count). The summed E-state index contributed by atoms with van der Waals surface area (Å²) in [6, 6.07) is 0. The van der Waals surface area contributed by atoms with E-state index in [0.29, 0.717) is 6.42 Å². The molecule has 0 fully saturated rings. The molecule has 0 atom stereocenters. The molecule has 0 saturated heterocycles. The van der Waals surface area contributed by atoms with Crippen LogP contribution in [0.25, 0.3) is 0 Å². The van der Waals surface area contributed by atoms with Crippen LogP contribution in [0.1, 0.15) is 57.8 Å². The molecule has 0 amide bonds. The molecule has 5 heteroatoms. The van der Waals surface area contributed by atoms with Gasteiger partial charge in [0.25, 0.3) is 0 Å². The first-order valence-corrected chi connectivity index (χ1v) is 7.22. The topological polar surface area (TPSA) is 17.1 Å². The van der Waals surface area contributed by atoms with Gasteiger partial charge in [-0.15, -0.1) is 0 Å². The molecule has 0 radical (unpaired) electrons. The molecule has 0 bridgehead atoms. The zero-order valence-electron chi connectivity index (χ0n) is 9.99. The molecule has 0 aromatic heterocycles. The van der Waals surface area contributed by atoms with Gasteiger partial charge in [-0.1, -0.05) is 41.6 Å². The molecule has 0 N–H and O–H groups in total. The van der Waals surface area contributed by atoms with E-state index in [-0.39, 0.29) is 12.2 Å². The van der Waals surface area contributed by atoms with Gasteiger partial charge in [-0.05, 0) is 12.8 Å². The van der Waals surface area contributed by atoms with Crippen molar-refractivity contribution in [2.24, 2.45) is 0 Å². The molecular weight excluding hydrogens is 297 g/mol. The third-order valence-electron chi connectivity index (χ3n) is 2.53. The number of hydrogen-bond donors (Lipinski definition) is 0. The van der Waals surface area contributed by atoms with E-state index in [4.69, 9.17) is 0 Å². The highest BCUT2D eigenvalue weighted by Gasteiger charge is 2.27. The molecule has 17 heavy (non-hydrogen) atoms. The van der Waals surface area contributed by atoms with Crippen LogP contribution in [0.15, 0.2) is 0 Å². The Bertz CT molecular complexity index is 204. The molecule has 1 nitrogen and oxygen atoms in total. The Balaban J connectivity index is 3.28. The van der Waals surface area contributed by atoms with Crippen LogP contribution in [-0.4, -0.2) is 17.3 Å². The van der Waals surface area contributed by atoms with Crippen LogP contribution in [0.2, 0.25) is 0 Å². The van der Waals surface area contributed by atoms with Crippen LogP contribution >= 0.6 is 15.9 Å². The highest BCUT2D eigenvalue weighted by Crippen LogP contribution is 2.22. The molecule has 0 aromatic carbocycles. The third-order valence-corrected chi connectivity index (χ3v) is 3.09. The first-order valence-electron chi connectivity index (χ1n) is 6.10. The Hall–Kier alpha value is -0.0600. The van der Waals surface area contributed by atoms with Crippen LogP contribution in [0.4, 0.5) is 13.2 Å². The second-order valence-corrected chi connectivity index (χ2v) is 5.01. The summed E-state index contributed by atoms with van der Waals surface area (Å²) in [6.45, 7) is 0. The van der Waals surface area contributed by atoms with Crippen molar-refractivity contribution in [1.82, 2.24) is 0 Å². The SMILES string of the molecule is O=C(CCCCCCCCBr)CCC(F)(F)F. The Morgan fingerprint density at radius 1 is 0.882 bits per heavy atom. The predicted octanol–water partition coefficient (Wildman–Crippen LogP) is 5.02. The van der Waals surface area contributed by atoms with Crippen molar-refractivity contribution in [1.29, 1.82) is 0 Å². The van der Waals surface area contributed by atoms with Crippen LogP contribution in [-0.2, 0) is 4.79 Å². The number of alkyl halides is 4. The highest BCUT2D eigenvalue weighted by molar-refractivity contribution is 9.09. The summed E-state index contributed by atoms with van der Waals surface area (Å²) < 4.78 is 35.5. The Morgan fingerprint density at radius 3 is 1.94 bits per heavy atom. The monoisotopic (exact) mass is 316 g/mol. The summed E-state index contributed by atoms with van der Waals surface area (Å²) >= 11 is 3.35. The third kappa shape index (κ3) is 13.9. The van der Waals surface area contributed by atoms with Crippen molar-refractivity contribution in [2.75, 3.05) is 5.33 Å². The van der Waals surface area contributed by atoms with Crippen molar-refractivity contribution in [3.63, 3.8) is 0 Å². The fourth-order valence-corrected chi connectivity index (χ4v) is 1.93. The lowest BCUT2D eigenvalue weighted by Crippen LogP contribution is -2.10. The van der Waals surface area contributed by atoms with Crippen LogP contribution in [0.3, 0.4) is 0 Å². The summed E-state index contributed by atoms with van der Waals surface area (Å²) in [7, 11) is 0. The minimum absolute atomic E-state index is 0.261. The number of Topliss-reactive ketones (excluding diaryl/α,β-unsaturated/α-hetero) is 1. The van der Waals surface area contributed by atoms with E-state index in [1.54, 1.807) is 0 Å². The van der Waals surface area contributed by atoms with E-state index in [9.17, 15) is 18.0 Å². The maximum absolute atomic E-state index is 11.8. The Kier molecular flexibility index (Phi) is 9.88. The highest BCUT2D eigenvalue weighted by atomic mass is 79.9. The van der Waals surface area contributed by atoms with Crippen molar-refractivity contribution >= 4 is 21.7 Å². The molecular formula is C12H20BrF3O. The predicted molar refractivity (Wildman–Crippen MR) is 66.4 cm³/mol. The molecule has 0 saturated carbocycles. The fraction of sp³-hybridized carbons (Fsp3) is 0.917. The van der Waals surface area contributed by atoms with Crippen molar-refractivity contribution in [2.45, 2.75) is 64.0 Å². The molecule has 102 valence electrons. The Labute approximate surface area is 109 Å². The molecule has 0 heterocycles. The van der Waals surface area contributed by atoms with Gasteiger partial charge in [0.2, 0.25) is 0 Å². The van der Waals surface area contributed by atoms with Gasteiger partial charge in [0.15, 0.2) is 0 Å². The largest absolute Gasteiger partial charge is 0.389 e. The number of rotatable bonds is 10. The standard InChI is InChI=1S/C12H20BrF3O/c13-10-6-4-2-1-3-5-7-11(17)8-9-12(14,15)16/h1-10H2. The summed E-state index contributed by atoms with van der Waals surface area (Å²) in [4.78, 5) is 11.1. The minimum Gasteiger partial charge on any atom is -0.300 e. The van der Waals surface area contributed by atoms with E-state index in [2.05, 4.69) is 15.9 Å². The molecule has 0 unspecified atom stereocenters. The quantitative estimate of drug-likeness (QED) is 0.408. The first-order chi connectivity index (χ1) is 7.95. The van der Waals surface area contributed by atoms with Gasteiger partial charge < -0.3 is 0 Å². The van der Waals surface area contributed by atoms with Crippen molar-refractivity contribution in [3.05, 3.63) is 0 Å². The summed E-state index contributed by atoms with van der Waals surface area (Å²) in [5, 5.41) is 1.02. The van der Waals surface area contributed by atoms with E-state index >= 15 is 0 Å². The second kappa shape index (κ2) is 9.92. The van der Waals surface area contributed by atoms with Gasteiger partial charge in [-0.3, -0.25) is 4.79 Å². The van der Waals surface area contributed by atoms with E-state index < -0.39 is 12.6 Å². The van der Waals surface area contributed by atoms with Gasteiger partial charge >= 0.3 is 6.18 Å². The van der Waals surface area contributed by atoms with Gasteiger partial charge in [-0.2, -0.15) is 13.2 Å². The van der Waals surface area contributed by atoms with Crippen molar-refractivity contribution in [3.8, 4) is 0 Å². The zero-order chi connectivity index (χ0) is 13.1. The van der Waals surface area contributed by atoms with E-state index in [0.717, 1.165) is 37.4 Å². The average Bonchev–Trinajstić information content (AvgIpc) is 2.24. The molecule has 0 aliphatic rings. The van der Waals surface area contributed by atoms with Crippen molar-refractivity contribution < 1.29 is 18.0 Å². The van der Waals surface area contributed by atoms with Crippen LogP contribution < -0.4 is 0 Å². The Morgan fingerprint density at radius 2 is 1.41 bits per heavy atom. The smallest absolute Gasteiger partial charge is 0.300 e. The van der Waals surface area contributed by atoms with Gasteiger partial charge in [0.1, 0.15) is 5.78 Å². The number of ketones is 1. The van der Waals surface area contributed by atoms with Gasteiger partial charge in [0, 0.05) is 18.2 Å². The van der Waals surface area contributed by atoms with Crippen LogP contribution in [0.5, 0.6) is 0 Å². The van der Waals surface area contributed by atoms with Gasteiger partial charge in [-0.25, -0.2) is 0 Å². The zero-order valence-corrected chi connectivity index (χ0v) is 11.6. The second-order valence-electron chi connectivity index (χ2n) is 4.21. The molecule has 0 aliphatic heterocycles. The number of carbonyl (C=O) groups excluding carboxylic acids is 1. The van der Waals surface area contributed by atoms with Gasteiger partial charge in [0.05, 0.1) is 6.42 Å². The number of halogens is 4.